The van der Waals surface area contributed by atoms with E-state index >= 15 is 0 Å². The maximum atomic E-state index is 7.06. The molecule has 0 saturated carbocycles. The summed E-state index contributed by atoms with van der Waals surface area (Å²) in [6.45, 7) is 34.6. The van der Waals surface area contributed by atoms with Crippen LogP contribution in [0.25, 0.3) is 0 Å². The van der Waals surface area contributed by atoms with Gasteiger partial charge in [0.1, 0.15) is 5.75 Å². The molecule has 0 fully saturated rings. The number of allylic oxidation sites excluding steroid dienone is 1. The Morgan fingerprint density at radius 3 is 1.75 bits per heavy atom. The van der Waals surface area contributed by atoms with E-state index in [1.807, 2.05) is 25.3 Å². The van der Waals surface area contributed by atoms with Crippen LogP contribution in [0.1, 0.15) is 81.2 Å². The van der Waals surface area contributed by atoms with Crippen molar-refractivity contribution < 1.29 is 32.5 Å². The molecule has 52 heavy (non-hydrogen) atoms. The number of methoxy groups -OCH3 is 4. The van der Waals surface area contributed by atoms with Crippen LogP contribution in [0.3, 0.4) is 0 Å². The average molecular weight is 763 g/mol. The fraction of sp³-hybridized carbons (Fsp3) is 0.721. The van der Waals surface area contributed by atoms with Gasteiger partial charge in [0, 0.05) is 58.0 Å². The predicted molar refractivity (Wildman–Crippen MR) is 224 cm³/mol. The van der Waals surface area contributed by atoms with Crippen LogP contribution in [0.5, 0.6) is 5.75 Å². The molecular weight excluding hydrogens is 685 g/mol. The molecular formula is C43H78O7Si2. The molecule has 0 aromatic heterocycles. The van der Waals surface area contributed by atoms with Gasteiger partial charge < -0.3 is 32.5 Å². The van der Waals surface area contributed by atoms with Gasteiger partial charge in [-0.2, -0.15) is 0 Å². The molecule has 0 unspecified atom stereocenters. The van der Waals surface area contributed by atoms with E-state index in [1.54, 1.807) is 21.3 Å². The van der Waals surface area contributed by atoms with Crippen LogP contribution in [0.15, 0.2) is 60.9 Å². The van der Waals surface area contributed by atoms with Crippen LogP contribution in [0.2, 0.25) is 36.3 Å². The molecule has 0 amide bonds. The molecule has 0 N–H and O–H groups in total. The molecule has 0 spiro atoms. The third-order valence-corrected chi connectivity index (χ3v) is 17.6. The Morgan fingerprint density at radius 1 is 0.712 bits per heavy atom. The van der Waals surface area contributed by atoms with E-state index in [0.717, 1.165) is 11.3 Å². The zero-order valence-corrected chi connectivity index (χ0v) is 38.2. The van der Waals surface area contributed by atoms with Gasteiger partial charge >= 0.3 is 0 Å². The van der Waals surface area contributed by atoms with Gasteiger partial charge in [-0.3, -0.25) is 0 Å². The summed E-state index contributed by atoms with van der Waals surface area (Å²) in [6.07, 6.45) is 8.84. The van der Waals surface area contributed by atoms with Crippen molar-refractivity contribution in [3.8, 4) is 5.75 Å². The van der Waals surface area contributed by atoms with Crippen molar-refractivity contribution in [2.24, 2.45) is 23.7 Å². The minimum absolute atomic E-state index is 0.0428. The van der Waals surface area contributed by atoms with Crippen LogP contribution in [-0.2, 0) is 34.4 Å². The molecule has 7 nitrogen and oxygen atoms in total. The van der Waals surface area contributed by atoms with E-state index in [1.165, 1.54) is 0 Å². The summed E-state index contributed by atoms with van der Waals surface area (Å²) in [6, 6.07) is 8.08. The zero-order valence-electron chi connectivity index (χ0n) is 36.2. The number of hydrogen-bond acceptors (Lipinski definition) is 7. The summed E-state index contributed by atoms with van der Waals surface area (Å²) < 4.78 is 43.5. The SMILES string of the molecule is C=C(/C=C/[C@H](C)[C@H](C[C@H](/C=C/[C@H](C)[C@H](OCc1ccc(OC)cc1)[C@@H](C)[C@@H](OC)[C@@H](C)CO[Si](C(C)C)(C(C)C)C(C)C)OC)OC)O[Si](C)(C)C. The monoisotopic (exact) mass is 763 g/mol. The summed E-state index contributed by atoms with van der Waals surface area (Å²) in [5.74, 6) is 2.01. The van der Waals surface area contributed by atoms with Gasteiger partial charge in [-0.25, -0.2) is 0 Å². The molecule has 1 aromatic carbocycles. The fourth-order valence-electron chi connectivity index (χ4n) is 7.95. The van der Waals surface area contributed by atoms with Crippen molar-refractivity contribution in [2.75, 3.05) is 35.0 Å². The van der Waals surface area contributed by atoms with Crippen LogP contribution in [-0.4, -0.2) is 76.1 Å². The second kappa shape index (κ2) is 23.3. The van der Waals surface area contributed by atoms with E-state index in [9.17, 15) is 0 Å². The van der Waals surface area contributed by atoms with Gasteiger partial charge in [0.25, 0.3) is 0 Å². The minimum Gasteiger partial charge on any atom is -0.545 e. The summed E-state index contributed by atoms with van der Waals surface area (Å²) in [4.78, 5) is 0. The minimum atomic E-state index is -2.02. The molecule has 1 aromatic rings. The number of benzene rings is 1. The first-order valence-corrected chi connectivity index (χ1v) is 25.0. The predicted octanol–water partition coefficient (Wildman–Crippen LogP) is 11.2. The molecule has 0 aliphatic heterocycles. The molecule has 0 saturated heterocycles. The van der Waals surface area contributed by atoms with Crippen molar-refractivity contribution in [3.05, 3.63) is 66.5 Å². The molecule has 0 bridgehead atoms. The molecule has 0 aliphatic rings. The first kappa shape index (κ1) is 48.3. The molecule has 8 atom stereocenters. The molecule has 9 heteroatoms. The molecule has 300 valence electrons. The highest BCUT2D eigenvalue weighted by Gasteiger charge is 2.46. The Morgan fingerprint density at radius 2 is 1.29 bits per heavy atom. The van der Waals surface area contributed by atoms with Gasteiger partial charge in [0.05, 0.1) is 43.9 Å². The maximum Gasteiger partial charge on any atom is 0.242 e. The Hall–Kier alpha value is -1.73. The fourth-order valence-corrected chi connectivity index (χ4v) is 14.4. The van der Waals surface area contributed by atoms with Crippen LogP contribution >= 0.6 is 0 Å². The van der Waals surface area contributed by atoms with E-state index < -0.39 is 16.6 Å². The topological polar surface area (TPSA) is 64.6 Å². The lowest BCUT2D eigenvalue weighted by Gasteiger charge is -2.44. The highest BCUT2D eigenvalue weighted by atomic mass is 28.4. The van der Waals surface area contributed by atoms with Crippen molar-refractivity contribution in [1.82, 2.24) is 0 Å². The van der Waals surface area contributed by atoms with Crippen LogP contribution in [0.4, 0.5) is 0 Å². The van der Waals surface area contributed by atoms with Gasteiger partial charge in [0.15, 0.2) is 8.32 Å². The molecule has 0 aliphatic carbocycles. The van der Waals surface area contributed by atoms with E-state index in [0.29, 0.717) is 42.0 Å². The van der Waals surface area contributed by atoms with E-state index in [-0.39, 0.29) is 48.1 Å². The number of hydrogen-bond donors (Lipinski definition) is 0. The van der Waals surface area contributed by atoms with Crippen LogP contribution < -0.4 is 4.74 Å². The lowest BCUT2D eigenvalue weighted by atomic mass is 9.83. The van der Waals surface area contributed by atoms with Gasteiger partial charge in [0.2, 0.25) is 8.32 Å². The lowest BCUT2D eigenvalue weighted by Crippen LogP contribution is -2.50. The summed E-state index contributed by atoms with van der Waals surface area (Å²) in [7, 11) is 3.30. The smallest absolute Gasteiger partial charge is 0.242 e. The zero-order chi connectivity index (χ0) is 39.8. The standard InChI is InChI=1S/C43H78O7Si2/c1-30(2)52(31(3)4,32(5)6)49-28-35(9)42(47-15)37(11)43(48-29-38-22-25-39(44-12)26-23-38)34(8)20-24-40(45-13)27-41(46-14)33(7)19-21-36(10)50-51(16,17)18/h19-26,30-35,37,40-43H,10,27-29H2,1-9,11-18H3/b21-19+,24-20+/t33-,34-,35-,37-,40-,41-,42-,43-/m0/s1. The summed E-state index contributed by atoms with van der Waals surface area (Å²) in [5.41, 5.74) is 2.67. The second-order valence-corrected chi connectivity index (χ2v) is 26.6. The first-order valence-electron chi connectivity index (χ1n) is 19.5. The first-order chi connectivity index (χ1) is 24.3. The Labute approximate surface area is 322 Å². The lowest BCUT2D eigenvalue weighted by molar-refractivity contribution is -0.0871. The third-order valence-electron chi connectivity index (χ3n) is 10.6. The average Bonchev–Trinajstić information content (AvgIpc) is 3.07. The molecule has 0 radical (unpaired) electrons. The molecule has 1 rings (SSSR count). The highest BCUT2D eigenvalue weighted by molar-refractivity contribution is 6.77. The number of ether oxygens (including phenoxy) is 5. The third kappa shape index (κ3) is 15.2. The molecule has 0 heterocycles. The maximum absolute atomic E-state index is 7.06. The summed E-state index contributed by atoms with van der Waals surface area (Å²) in [5, 5.41) is 0. The van der Waals surface area contributed by atoms with Gasteiger partial charge in [-0.15, -0.1) is 0 Å². The van der Waals surface area contributed by atoms with Crippen molar-refractivity contribution in [3.63, 3.8) is 0 Å². The Balaban J connectivity index is 3.28. The number of rotatable bonds is 26. The van der Waals surface area contributed by atoms with Gasteiger partial charge in [-0.05, 0) is 60.0 Å². The highest BCUT2D eigenvalue weighted by Crippen LogP contribution is 2.43. The van der Waals surface area contributed by atoms with Gasteiger partial charge in [-0.1, -0.05) is 106 Å². The van der Waals surface area contributed by atoms with Crippen LogP contribution in [0, 0.1) is 23.7 Å². The van der Waals surface area contributed by atoms with Crippen molar-refractivity contribution >= 4 is 16.6 Å². The summed E-state index contributed by atoms with van der Waals surface area (Å²) >= 11 is 0. The Kier molecular flexibility index (Phi) is 21.6. The largest absolute Gasteiger partial charge is 0.545 e. The van der Waals surface area contributed by atoms with Crippen molar-refractivity contribution in [2.45, 2.75) is 143 Å². The Bertz CT molecular complexity index is 1170. The second-order valence-electron chi connectivity index (χ2n) is 16.7. The van der Waals surface area contributed by atoms with E-state index in [2.05, 4.69) is 126 Å². The normalized spacial score (nSPS) is 17.8. The van der Waals surface area contributed by atoms with E-state index in [4.69, 9.17) is 32.5 Å². The van der Waals surface area contributed by atoms with Crippen molar-refractivity contribution in [1.29, 1.82) is 0 Å². The quantitative estimate of drug-likeness (QED) is 0.0403.